The molecule has 3 aromatic heterocycles. The minimum atomic E-state index is -0.646. The van der Waals surface area contributed by atoms with Crippen LogP contribution in [0.15, 0.2) is 54.9 Å². The van der Waals surface area contributed by atoms with Gasteiger partial charge in [-0.1, -0.05) is 26.0 Å². The molecule has 2 bridgehead atoms. The molecule has 0 radical (unpaired) electrons. The number of pyridine rings is 1. The van der Waals surface area contributed by atoms with Crippen LogP contribution in [0.2, 0.25) is 0 Å². The summed E-state index contributed by atoms with van der Waals surface area (Å²) in [7, 11) is 0. The highest BCUT2D eigenvalue weighted by molar-refractivity contribution is 5.65. The monoisotopic (exact) mass is 487 g/mol. The zero-order valence-corrected chi connectivity index (χ0v) is 20.4. The first kappa shape index (κ1) is 22.9. The number of hydrogen-bond donors (Lipinski definition) is 1. The highest BCUT2D eigenvalue weighted by Crippen LogP contribution is 2.69. The molecule has 0 spiro atoms. The van der Waals surface area contributed by atoms with Crippen molar-refractivity contribution in [2.75, 3.05) is 0 Å². The van der Waals surface area contributed by atoms with E-state index in [1.807, 2.05) is 30.5 Å². The molecule has 2 aliphatic rings. The minimum Gasteiger partial charge on any atom is -0.391 e. The summed E-state index contributed by atoms with van der Waals surface area (Å²) < 4.78 is 30.7. The third kappa shape index (κ3) is 3.17. The van der Waals surface area contributed by atoms with Gasteiger partial charge in [-0.15, -0.1) is 5.10 Å². The van der Waals surface area contributed by atoms with Crippen molar-refractivity contribution in [1.82, 2.24) is 25.0 Å². The second kappa shape index (κ2) is 8.00. The van der Waals surface area contributed by atoms with Gasteiger partial charge in [0.1, 0.15) is 11.6 Å². The van der Waals surface area contributed by atoms with Crippen molar-refractivity contribution >= 4 is 0 Å². The maximum absolute atomic E-state index is 14.5. The summed E-state index contributed by atoms with van der Waals surface area (Å²) in [6, 6.07) is 11.6. The first-order valence-electron chi connectivity index (χ1n) is 12.2. The van der Waals surface area contributed by atoms with Gasteiger partial charge in [-0.3, -0.25) is 9.67 Å². The summed E-state index contributed by atoms with van der Waals surface area (Å²) in [4.78, 5) is 5.09. The van der Waals surface area contributed by atoms with Gasteiger partial charge >= 0.3 is 0 Å². The summed E-state index contributed by atoms with van der Waals surface area (Å²) in [5.41, 5.74) is 3.83. The molecule has 1 unspecified atom stereocenters. The number of aliphatic hydroxyl groups excluding tert-OH is 1. The zero-order valence-electron chi connectivity index (χ0n) is 20.4. The molecule has 6 nitrogen and oxygen atoms in total. The van der Waals surface area contributed by atoms with Crippen molar-refractivity contribution in [2.45, 2.75) is 57.6 Å². The number of benzene rings is 1. The topological polar surface area (TPSA) is 76.7 Å². The Labute approximate surface area is 208 Å². The van der Waals surface area contributed by atoms with Crippen LogP contribution < -0.4 is 0 Å². The van der Waals surface area contributed by atoms with Crippen LogP contribution in [0.25, 0.3) is 22.5 Å². The largest absolute Gasteiger partial charge is 0.391 e. The Hall–Kier alpha value is -3.52. The molecular weight excluding hydrogens is 460 g/mol. The molecule has 1 fully saturated rings. The highest BCUT2D eigenvalue weighted by atomic mass is 19.1. The Bertz CT molecular complexity index is 1460. The number of rotatable bonds is 5. The maximum atomic E-state index is 14.5. The van der Waals surface area contributed by atoms with E-state index in [2.05, 4.69) is 29.1 Å². The minimum absolute atomic E-state index is 0.142. The van der Waals surface area contributed by atoms with Crippen molar-refractivity contribution in [3.63, 3.8) is 0 Å². The van der Waals surface area contributed by atoms with Gasteiger partial charge in [0.05, 0.1) is 52.6 Å². The van der Waals surface area contributed by atoms with Crippen molar-refractivity contribution in [2.24, 2.45) is 5.41 Å². The molecular formula is C28H27F2N5O. The second-order valence-corrected chi connectivity index (χ2v) is 10.6. The molecule has 3 heterocycles. The SMILES string of the molecule is CC(O)Cn1cc(-c2cccc([C@@]34CC[C@@H](c5cc(-c6c(F)cccc6F)nnc53)C4(C)C)n2)cn1. The summed E-state index contributed by atoms with van der Waals surface area (Å²) >= 11 is 0. The number of nitrogens with zero attached hydrogens (tertiary/aromatic N) is 5. The molecule has 4 aromatic rings. The fourth-order valence-corrected chi connectivity index (χ4v) is 6.46. The average Bonchev–Trinajstić information content (AvgIpc) is 3.46. The zero-order chi connectivity index (χ0) is 25.2. The molecule has 8 heteroatoms. The van der Waals surface area contributed by atoms with Crippen LogP contribution in [0.5, 0.6) is 0 Å². The van der Waals surface area contributed by atoms with Gasteiger partial charge < -0.3 is 5.11 Å². The van der Waals surface area contributed by atoms with Gasteiger partial charge in [-0.2, -0.15) is 10.2 Å². The fourth-order valence-electron chi connectivity index (χ4n) is 6.46. The lowest BCUT2D eigenvalue weighted by Crippen LogP contribution is -2.37. The normalized spacial score (nSPS) is 22.6. The smallest absolute Gasteiger partial charge is 0.135 e. The van der Waals surface area contributed by atoms with E-state index in [0.717, 1.165) is 41.1 Å². The first-order chi connectivity index (χ1) is 17.2. The molecule has 1 aromatic carbocycles. The van der Waals surface area contributed by atoms with E-state index >= 15 is 0 Å². The van der Waals surface area contributed by atoms with Crippen LogP contribution in [-0.2, 0) is 12.0 Å². The summed E-state index contributed by atoms with van der Waals surface area (Å²) in [5, 5.41) is 23.0. The summed E-state index contributed by atoms with van der Waals surface area (Å²) in [6.45, 7) is 6.59. The van der Waals surface area contributed by atoms with Crippen LogP contribution in [0, 0.1) is 17.0 Å². The summed E-state index contributed by atoms with van der Waals surface area (Å²) in [6.07, 6.45) is 4.95. The van der Waals surface area contributed by atoms with E-state index in [1.165, 1.54) is 18.2 Å². The lowest BCUT2D eigenvalue weighted by molar-refractivity contribution is 0.168. The molecule has 1 saturated carbocycles. The van der Waals surface area contributed by atoms with Crippen molar-refractivity contribution in [1.29, 1.82) is 0 Å². The number of hydrogen-bond acceptors (Lipinski definition) is 5. The van der Waals surface area contributed by atoms with Crippen LogP contribution in [-0.4, -0.2) is 36.2 Å². The van der Waals surface area contributed by atoms with E-state index in [4.69, 9.17) is 4.98 Å². The van der Waals surface area contributed by atoms with Gasteiger partial charge in [-0.05, 0) is 67.0 Å². The Kier molecular flexibility index (Phi) is 5.09. The molecule has 0 aliphatic heterocycles. The second-order valence-electron chi connectivity index (χ2n) is 10.6. The van der Waals surface area contributed by atoms with Gasteiger partial charge in [0.25, 0.3) is 0 Å². The predicted molar refractivity (Wildman–Crippen MR) is 131 cm³/mol. The van der Waals surface area contributed by atoms with Crippen molar-refractivity contribution < 1.29 is 13.9 Å². The molecule has 2 aliphatic carbocycles. The van der Waals surface area contributed by atoms with E-state index in [9.17, 15) is 13.9 Å². The van der Waals surface area contributed by atoms with E-state index in [0.29, 0.717) is 6.54 Å². The van der Waals surface area contributed by atoms with Gasteiger partial charge in [0.15, 0.2) is 0 Å². The predicted octanol–water partition coefficient (Wildman–Crippen LogP) is 5.26. The van der Waals surface area contributed by atoms with Crippen LogP contribution in [0.1, 0.15) is 56.5 Å². The van der Waals surface area contributed by atoms with Crippen molar-refractivity contribution in [3.8, 4) is 22.5 Å². The molecule has 36 heavy (non-hydrogen) atoms. The third-order valence-corrected chi connectivity index (χ3v) is 8.17. The van der Waals surface area contributed by atoms with Gasteiger partial charge in [0, 0.05) is 11.8 Å². The van der Waals surface area contributed by atoms with Gasteiger partial charge in [-0.25, -0.2) is 8.78 Å². The Morgan fingerprint density at radius 2 is 1.83 bits per heavy atom. The number of halogens is 2. The Balaban J connectivity index is 1.46. The fraction of sp³-hybridized carbons (Fsp3) is 0.357. The molecule has 1 N–H and O–H groups in total. The Morgan fingerprint density at radius 1 is 1.08 bits per heavy atom. The molecule has 0 saturated heterocycles. The lowest BCUT2D eigenvalue weighted by atomic mass is 9.66. The summed E-state index contributed by atoms with van der Waals surface area (Å²) in [5.74, 6) is -1.12. The van der Waals surface area contributed by atoms with E-state index in [-0.39, 0.29) is 22.6 Å². The number of fused-ring (bicyclic) bond motifs is 5. The van der Waals surface area contributed by atoms with Gasteiger partial charge in [0.2, 0.25) is 0 Å². The number of aliphatic hydroxyl groups is 1. The lowest BCUT2D eigenvalue weighted by Gasteiger charge is -2.37. The van der Waals surface area contributed by atoms with Crippen LogP contribution in [0.3, 0.4) is 0 Å². The maximum Gasteiger partial charge on any atom is 0.135 e. The molecule has 0 amide bonds. The quantitative estimate of drug-likeness (QED) is 0.415. The van der Waals surface area contributed by atoms with Crippen LogP contribution >= 0.6 is 0 Å². The number of aromatic nitrogens is 5. The molecule has 6 rings (SSSR count). The van der Waals surface area contributed by atoms with Crippen molar-refractivity contribution in [3.05, 3.63) is 83.4 Å². The average molecular weight is 488 g/mol. The molecule has 3 atom stereocenters. The molecule has 184 valence electrons. The van der Waals surface area contributed by atoms with E-state index in [1.54, 1.807) is 17.8 Å². The first-order valence-corrected chi connectivity index (χ1v) is 12.2. The highest BCUT2D eigenvalue weighted by Gasteiger charge is 2.65. The third-order valence-electron chi connectivity index (χ3n) is 8.17. The van der Waals surface area contributed by atoms with Crippen LogP contribution in [0.4, 0.5) is 8.78 Å². The van der Waals surface area contributed by atoms with E-state index < -0.39 is 23.2 Å². The standard InChI is InChI=1S/C28H27F2N5O/c1-16(36)14-35-15-17(13-31-35)22-8-5-9-24(32-22)28-11-10-19(27(28,2)3)18-12-23(33-34-26(18)28)25-20(29)6-4-7-21(25)30/h4-9,12-13,15-16,19,36H,10-11,14H2,1-3H3/t16?,19-,28-/m0/s1. The Morgan fingerprint density at radius 3 is 2.58 bits per heavy atom.